The summed E-state index contributed by atoms with van der Waals surface area (Å²) in [6.07, 6.45) is 1.33. The van der Waals surface area contributed by atoms with E-state index >= 15 is 0 Å². The second-order valence-electron chi connectivity index (χ2n) is 6.44. The molecular formula is C19H22F2N6O3. The van der Waals surface area contributed by atoms with E-state index in [0.717, 1.165) is 12.1 Å². The van der Waals surface area contributed by atoms with Crippen molar-refractivity contribution in [3.05, 3.63) is 35.5 Å². The van der Waals surface area contributed by atoms with Crippen molar-refractivity contribution in [2.45, 2.75) is 38.8 Å². The molecule has 0 bridgehead atoms. The van der Waals surface area contributed by atoms with Crippen LogP contribution in [-0.4, -0.2) is 40.4 Å². The lowest BCUT2D eigenvalue weighted by Gasteiger charge is -2.25. The minimum Gasteiger partial charge on any atom is -0.479 e. The number of rotatable bonds is 9. The van der Waals surface area contributed by atoms with Crippen LogP contribution in [0, 0.1) is 23.0 Å². The number of hydrogen-bond acceptors (Lipinski definition) is 7. The van der Waals surface area contributed by atoms with Crippen LogP contribution in [0.3, 0.4) is 0 Å². The van der Waals surface area contributed by atoms with Gasteiger partial charge in [-0.3, -0.25) is 0 Å². The molecule has 160 valence electrons. The van der Waals surface area contributed by atoms with Crippen LogP contribution < -0.4 is 20.7 Å². The first-order valence-electron chi connectivity index (χ1n) is 9.12. The minimum absolute atomic E-state index is 0.0122. The Labute approximate surface area is 172 Å². The van der Waals surface area contributed by atoms with E-state index in [1.807, 2.05) is 13.0 Å². The Morgan fingerprint density at radius 1 is 1.33 bits per heavy atom. The summed E-state index contributed by atoms with van der Waals surface area (Å²) in [6.45, 7) is 3.55. The standard InChI is InChI=1S/C19H22F2N6O3/c1-4-5-15(10(2)24-19(28)29)26-17-13(20)6-11(8-22)16(27-17)25-12-7-14(21)18(30-3)23-9-12/h6-7,9-10,15,24H,4-5H2,1-3H3,(H,28,29)(H2,25,26,27)/t10-,15-/m0/s1. The van der Waals surface area contributed by atoms with E-state index in [1.54, 1.807) is 6.92 Å². The Morgan fingerprint density at radius 3 is 2.63 bits per heavy atom. The molecule has 0 aliphatic heterocycles. The summed E-state index contributed by atoms with van der Waals surface area (Å²) in [6, 6.07) is 2.94. The third-order valence-corrected chi connectivity index (χ3v) is 4.24. The lowest BCUT2D eigenvalue weighted by atomic mass is 10.0. The van der Waals surface area contributed by atoms with E-state index in [0.29, 0.717) is 12.8 Å². The third-order valence-electron chi connectivity index (χ3n) is 4.24. The lowest BCUT2D eigenvalue weighted by molar-refractivity contribution is 0.189. The van der Waals surface area contributed by atoms with Crippen molar-refractivity contribution in [1.82, 2.24) is 15.3 Å². The van der Waals surface area contributed by atoms with Gasteiger partial charge in [-0.25, -0.2) is 23.5 Å². The van der Waals surface area contributed by atoms with Gasteiger partial charge in [0.25, 0.3) is 0 Å². The number of pyridine rings is 2. The van der Waals surface area contributed by atoms with Crippen LogP contribution in [0.5, 0.6) is 5.88 Å². The molecule has 2 heterocycles. The molecule has 0 fully saturated rings. The average molecular weight is 420 g/mol. The third kappa shape index (κ3) is 5.66. The number of carboxylic acid groups (broad SMARTS) is 1. The lowest BCUT2D eigenvalue weighted by Crippen LogP contribution is -2.44. The molecule has 0 unspecified atom stereocenters. The Morgan fingerprint density at radius 2 is 2.07 bits per heavy atom. The predicted molar refractivity (Wildman–Crippen MR) is 106 cm³/mol. The SMILES string of the molecule is CCC[C@H](Nc1nc(Nc2cnc(OC)c(F)c2)c(C#N)cc1F)[C@H](C)NC(=O)O. The number of halogens is 2. The van der Waals surface area contributed by atoms with Crippen LogP contribution >= 0.6 is 0 Å². The van der Waals surface area contributed by atoms with E-state index in [4.69, 9.17) is 9.84 Å². The van der Waals surface area contributed by atoms with Gasteiger partial charge in [0.2, 0.25) is 5.88 Å². The van der Waals surface area contributed by atoms with Crippen LogP contribution in [0.15, 0.2) is 18.3 Å². The molecule has 2 atom stereocenters. The van der Waals surface area contributed by atoms with Crippen LogP contribution in [0.1, 0.15) is 32.3 Å². The molecule has 9 nitrogen and oxygen atoms in total. The molecule has 0 aromatic carbocycles. The number of methoxy groups -OCH3 is 1. The van der Waals surface area contributed by atoms with Crippen molar-refractivity contribution in [3.8, 4) is 11.9 Å². The van der Waals surface area contributed by atoms with Crippen LogP contribution in [0.25, 0.3) is 0 Å². The molecule has 0 radical (unpaired) electrons. The maximum Gasteiger partial charge on any atom is 0.404 e. The van der Waals surface area contributed by atoms with Crippen LogP contribution in [-0.2, 0) is 0 Å². The zero-order valence-electron chi connectivity index (χ0n) is 16.7. The second-order valence-corrected chi connectivity index (χ2v) is 6.44. The number of amides is 1. The zero-order chi connectivity index (χ0) is 22.3. The number of aromatic nitrogens is 2. The quantitative estimate of drug-likeness (QED) is 0.484. The fourth-order valence-electron chi connectivity index (χ4n) is 2.78. The number of carbonyl (C=O) groups is 1. The predicted octanol–water partition coefficient (Wildman–Crippen LogP) is 3.62. The van der Waals surface area contributed by atoms with E-state index in [2.05, 4.69) is 25.9 Å². The second kappa shape index (κ2) is 10.2. The van der Waals surface area contributed by atoms with Crippen molar-refractivity contribution in [1.29, 1.82) is 5.26 Å². The molecule has 1 amide bonds. The number of ether oxygens (including phenoxy) is 1. The van der Waals surface area contributed by atoms with Crippen LogP contribution in [0.2, 0.25) is 0 Å². The molecule has 4 N–H and O–H groups in total. The molecular weight excluding hydrogens is 398 g/mol. The minimum atomic E-state index is -1.20. The fourth-order valence-corrected chi connectivity index (χ4v) is 2.78. The van der Waals surface area contributed by atoms with Gasteiger partial charge in [0.1, 0.15) is 6.07 Å². The normalized spacial score (nSPS) is 12.4. The summed E-state index contributed by atoms with van der Waals surface area (Å²) in [4.78, 5) is 18.8. The molecule has 2 aromatic heterocycles. The maximum atomic E-state index is 14.5. The monoisotopic (exact) mass is 420 g/mol. The van der Waals surface area contributed by atoms with Gasteiger partial charge < -0.3 is 25.8 Å². The van der Waals surface area contributed by atoms with Crippen molar-refractivity contribution < 1.29 is 23.4 Å². The number of nitrogens with one attached hydrogen (secondary N) is 3. The first-order valence-corrected chi connectivity index (χ1v) is 9.12. The molecule has 11 heteroatoms. The number of anilines is 3. The molecule has 30 heavy (non-hydrogen) atoms. The number of nitriles is 1. The van der Waals surface area contributed by atoms with Gasteiger partial charge in [0, 0.05) is 18.2 Å². The topological polar surface area (TPSA) is 132 Å². The average Bonchev–Trinajstić information content (AvgIpc) is 2.69. The van der Waals surface area contributed by atoms with Gasteiger partial charge in [0.05, 0.1) is 24.6 Å². The first-order chi connectivity index (χ1) is 14.3. The summed E-state index contributed by atoms with van der Waals surface area (Å²) in [7, 11) is 1.28. The van der Waals surface area contributed by atoms with Crippen molar-refractivity contribution in [2.75, 3.05) is 17.7 Å². The summed E-state index contributed by atoms with van der Waals surface area (Å²) in [5.41, 5.74) is 0.0823. The largest absolute Gasteiger partial charge is 0.479 e. The Bertz CT molecular complexity index is 951. The van der Waals surface area contributed by atoms with Crippen molar-refractivity contribution >= 4 is 23.4 Å². The highest BCUT2D eigenvalue weighted by Gasteiger charge is 2.21. The summed E-state index contributed by atoms with van der Waals surface area (Å²) >= 11 is 0. The van der Waals surface area contributed by atoms with Gasteiger partial charge in [-0.1, -0.05) is 13.3 Å². The molecule has 2 aromatic rings. The molecule has 0 saturated heterocycles. The number of hydrogen-bond donors (Lipinski definition) is 4. The smallest absolute Gasteiger partial charge is 0.404 e. The molecule has 2 rings (SSSR count). The maximum absolute atomic E-state index is 14.5. The summed E-state index contributed by atoms with van der Waals surface area (Å²) in [5.74, 6) is -1.88. The molecule has 0 aliphatic carbocycles. The van der Waals surface area contributed by atoms with E-state index < -0.39 is 29.8 Å². The Kier molecular flexibility index (Phi) is 7.69. The van der Waals surface area contributed by atoms with E-state index in [1.165, 1.54) is 13.3 Å². The Balaban J connectivity index is 2.34. The molecule has 0 aliphatic rings. The van der Waals surface area contributed by atoms with Gasteiger partial charge >= 0.3 is 6.09 Å². The Hall–Kier alpha value is -3.68. The van der Waals surface area contributed by atoms with Gasteiger partial charge in [-0.05, 0) is 19.4 Å². The van der Waals surface area contributed by atoms with Gasteiger partial charge in [-0.2, -0.15) is 5.26 Å². The zero-order valence-corrected chi connectivity index (χ0v) is 16.7. The summed E-state index contributed by atoms with van der Waals surface area (Å²) < 4.78 is 33.2. The van der Waals surface area contributed by atoms with Gasteiger partial charge in [-0.15, -0.1) is 0 Å². The van der Waals surface area contributed by atoms with Gasteiger partial charge in [0.15, 0.2) is 23.3 Å². The van der Waals surface area contributed by atoms with Crippen LogP contribution in [0.4, 0.5) is 30.9 Å². The highest BCUT2D eigenvalue weighted by molar-refractivity contribution is 5.66. The van der Waals surface area contributed by atoms with E-state index in [-0.39, 0.29) is 28.8 Å². The van der Waals surface area contributed by atoms with Crippen molar-refractivity contribution in [3.63, 3.8) is 0 Å². The molecule has 0 spiro atoms. The highest BCUT2D eigenvalue weighted by Crippen LogP contribution is 2.26. The summed E-state index contributed by atoms with van der Waals surface area (Å²) in [5, 5.41) is 26.2. The number of nitrogens with zero attached hydrogens (tertiary/aromatic N) is 3. The van der Waals surface area contributed by atoms with Crippen molar-refractivity contribution in [2.24, 2.45) is 0 Å². The molecule has 0 saturated carbocycles. The van der Waals surface area contributed by atoms with E-state index in [9.17, 15) is 18.8 Å². The fraction of sp³-hybridized carbons (Fsp3) is 0.368. The first kappa shape index (κ1) is 22.6. The highest BCUT2D eigenvalue weighted by atomic mass is 19.1.